The summed E-state index contributed by atoms with van der Waals surface area (Å²) >= 11 is 3.46. The molecule has 0 fully saturated rings. The van der Waals surface area contributed by atoms with E-state index in [1.54, 1.807) is 0 Å². The Balaban J connectivity index is 1.87. The quantitative estimate of drug-likeness (QED) is 0.843. The predicted octanol–water partition coefficient (Wildman–Crippen LogP) is 4.37. The smallest absolute Gasteiger partial charge is 0.243 e. The van der Waals surface area contributed by atoms with Crippen molar-refractivity contribution in [2.24, 2.45) is 0 Å². The van der Waals surface area contributed by atoms with Crippen LogP contribution in [0, 0.1) is 6.92 Å². The lowest BCUT2D eigenvalue weighted by Crippen LogP contribution is -2.21. The SMILES string of the molecule is CCc1ccc(NCC(=O)Nc2ccc(C)c(Br)c2)cc1. The van der Waals surface area contributed by atoms with Crippen LogP contribution < -0.4 is 10.6 Å². The summed E-state index contributed by atoms with van der Waals surface area (Å²) in [6.45, 7) is 4.38. The first-order chi connectivity index (χ1) is 10.1. The van der Waals surface area contributed by atoms with E-state index in [4.69, 9.17) is 0 Å². The third kappa shape index (κ3) is 4.60. The summed E-state index contributed by atoms with van der Waals surface area (Å²) < 4.78 is 0.989. The Morgan fingerprint density at radius 2 is 1.76 bits per heavy atom. The fourth-order valence-corrected chi connectivity index (χ4v) is 2.30. The maximum atomic E-state index is 11.9. The van der Waals surface area contributed by atoms with Crippen LogP contribution in [-0.2, 0) is 11.2 Å². The molecule has 0 saturated carbocycles. The van der Waals surface area contributed by atoms with E-state index in [9.17, 15) is 4.79 Å². The number of rotatable bonds is 5. The van der Waals surface area contributed by atoms with E-state index in [-0.39, 0.29) is 12.5 Å². The van der Waals surface area contributed by atoms with Crippen molar-refractivity contribution in [2.45, 2.75) is 20.3 Å². The van der Waals surface area contributed by atoms with Gasteiger partial charge in [0.05, 0.1) is 6.54 Å². The van der Waals surface area contributed by atoms with Gasteiger partial charge in [0.25, 0.3) is 0 Å². The van der Waals surface area contributed by atoms with Crippen LogP contribution in [0.5, 0.6) is 0 Å². The van der Waals surface area contributed by atoms with Crippen LogP contribution in [0.15, 0.2) is 46.9 Å². The lowest BCUT2D eigenvalue weighted by molar-refractivity contribution is -0.114. The van der Waals surface area contributed by atoms with Crippen molar-refractivity contribution in [1.82, 2.24) is 0 Å². The van der Waals surface area contributed by atoms with Crippen LogP contribution >= 0.6 is 15.9 Å². The summed E-state index contributed by atoms with van der Waals surface area (Å²) in [6.07, 6.45) is 1.02. The summed E-state index contributed by atoms with van der Waals surface area (Å²) in [4.78, 5) is 11.9. The Morgan fingerprint density at radius 3 is 2.38 bits per heavy atom. The van der Waals surface area contributed by atoms with Crippen molar-refractivity contribution in [3.63, 3.8) is 0 Å². The number of carbonyl (C=O) groups is 1. The van der Waals surface area contributed by atoms with Gasteiger partial charge in [-0.25, -0.2) is 0 Å². The molecule has 0 radical (unpaired) electrons. The van der Waals surface area contributed by atoms with E-state index < -0.39 is 0 Å². The van der Waals surface area contributed by atoms with E-state index in [0.29, 0.717) is 0 Å². The maximum Gasteiger partial charge on any atom is 0.243 e. The van der Waals surface area contributed by atoms with Gasteiger partial charge in [0.15, 0.2) is 0 Å². The summed E-state index contributed by atoms with van der Waals surface area (Å²) in [6, 6.07) is 13.9. The van der Waals surface area contributed by atoms with Gasteiger partial charge >= 0.3 is 0 Å². The fourth-order valence-electron chi connectivity index (χ4n) is 1.92. The highest BCUT2D eigenvalue weighted by Crippen LogP contribution is 2.20. The molecule has 2 aromatic carbocycles. The molecule has 0 spiro atoms. The third-order valence-electron chi connectivity index (χ3n) is 3.27. The molecule has 0 aromatic heterocycles. The molecule has 0 aliphatic rings. The molecule has 1 amide bonds. The Kier molecular flexibility index (Phi) is 5.39. The van der Waals surface area contributed by atoms with Crippen LogP contribution in [-0.4, -0.2) is 12.5 Å². The molecular weight excluding hydrogens is 328 g/mol. The summed E-state index contributed by atoms with van der Waals surface area (Å²) in [5, 5.41) is 5.99. The number of halogens is 1. The molecule has 0 bridgehead atoms. The number of carbonyl (C=O) groups excluding carboxylic acids is 1. The molecule has 110 valence electrons. The largest absolute Gasteiger partial charge is 0.376 e. The average molecular weight is 347 g/mol. The predicted molar refractivity (Wildman–Crippen MR) is 91.8 cm³/mol. The monoisotopic (exact) mass is 346 g/mol. The highest BCUT2D eigenvalue weighted by molar-refractivity contribution is 9.10. The number of nitrogens with one attached hydrogen (secondary N) is 2. The molecule has 3 nitrogen and oxygen atoms in total. The fraction of sp³-hybridized carbons (Fsp3) is 0.235. The van der Waals surface area contributed by atoms with Gasteiger partial charge < -0.3 is 10.6 Å². The van der Waals surface area contributed by atoms with Gasteiger partial charge in [0.1, 0.15) is 0 Å². The number of hydrogen-bond acceptors (Lipinski definition) is 2. The zero-order chi connectivity index (χ0) is 15.2. The van der Waals surface area contributed by atoms with Gasteiger partial charge in [-0.15, -0.1) is 0 Å². The normalized spacial score (nSPS) is 10.2. The summed E-state index contributed by atoms with van der Waals surface area (Å²) in [5.41, 5.74) is 4.17. The van der Waals surface area contributed by atoms with Crippen molar-refractivity contribution in [3.05, 3.63) is 58.1 Å². The molecule has 0 saturated heterocycles. The summed E-state index contributed by atoms with van der Waals surface area (Å²) in [5.74, 6) is -0.0645. The highest BCUT2D eigenvalue weighted by Gasteiger charge is 2.04. The number of aryl methyl sites for hydroxylation is 2. The third-order valence-corrected chi connectivity index (χ3v) is 4.13. The topological polar surface area (TPSA) is 41.1 Å². The first-order valence-electron chi connectivity index (χ1n) is 6.97. The molecular formula is C17H19BrN2O. The van der Waals surface area contributed by atoms with Crippen LogP contribution in [0.1, 0.15) is 18.1 Å². The second-order valence-corrected chi connectivity index (χ2v) is 5.77. The van der Waals surface area contributed by atoms with E-state index in [0.717, 1.165) is 27.8 Å². The maximum absolute atomic E-state index is 11.9. The lowest BCUT2D eigenvalue weighted by atomic mass is 10.1. The standard InChI is InChI=1S/C17H19BrN2O/c1-3-13-5-8-14(9-6-13)19-11-17(21)20-15-7-4-12(2)16(18)10-15/h4-10,19H,3,11H2,1-2H3,(H,20,21). The second kappa shape index (κ2) is 7.27. The highest BCUT2D eigenvalue weighted by atomic mass is 79.9. The van der Waals surface area contributed by atoms with Crippen molar-refractivity contribution < 1.29 is 4.79 Å². The van der Waals surface area contributed by atoms with Crippen molar-refractivity contribution in [3.8, 4) is 0 Å². The minimum Gasteiger partial charge on any atom is -0.376 e. The van der Waals surface area contributed by atoms with Crippen LogP contribution in [0.4, 0.5) is 11.4 Å². The minimum absolute atomic E-state index is 0.0645. The minimum atomic E-state index is -0.0645. The molecule has 0 heterocycles. The molecule has 0 unspecified atom stereocenters. The molecule has 21 heavy (non-hydrogen) atoms. The number of amides is 1. The van der Waals surface area contributed by atoms with E-state index >= 15 is 0 Å². The number of anilines is 2. The van der Waals surface area contributed by atoms with Crippen LogP contribution in [0.2, 0.25) is 0 Å². The van der Waals surface area contributed by atoms with Gasteiger partial charge in [0, 0.05) is 15.8 Å². The number of benzene rings is 2. The Hall–Kier alpha value is -1.81. The van der Waals surface area contributed by atoms with Crippen molar-refractivity contribution in [2.75, 3.05) is 17.2 Å². The van der Waals surface area contributed by atoms with Gasteiger partial charge in [-0.2, -0.15) is 0 Å². The van der Waals surface area contributed by atoms with Gasteiger partial charge in [-0.05, 0) is 48.7 Å². The average Bonchev–Trinajstić information content (AvgIpc) is 2.49. The summed E-state index contributed by atoms with van der Waals surface area (Å²) in [7, 11) is 0. The molecule has 2 aromatic rings. The molecule has 4 heteroatoms. The Bertz CT molecular complexity index is 623. The zero-order valence-corrected chi connectivity index (χ0v) is 13.8. The molecule has 0 aliphatic heterocycles. The van der Waals surface area contributed by atoms with Gasteiger partial charge in [-0.1, -0.05) is 41.1 Å². The number of hydrogen-bond donors (Lipinski definition) is 2. The van der Waals surface area contributed by atoms with E-state index in [1.807, 2.05) is 37.3 Å². The zero-order valence-electron chi connectivity index (χ0n) is 12.2. The lowest BCUT2D eigenvalue weighted by Gasteiger charge is -2.09. The van der Waals surface area contributed by atoms with Crippen molar-refractivity contribution >= 4 is 33.2 Å². The van der Waals surface area contributed by atoms with Gasteiger partial charge in [-0.3, -0.25) is 4.79 Å². The Labute approximate surface area is 133 Å². The molecule has 0 atom stereocenters. The molecule has 2 N–H and O–H groups in total. The Morgan fingerprint density at radius 1 is 1.10 bits per heavy atom. The van der Waals surface area contributed by atoms with E-state index in [1.165, 1.54) is 5.56 Å². The van der Waals surface area contributed by atoms with E-state index in [2.05, 4.69) is 45.6 Å². The van der Waals surface area contributed by atoms with Gasteiger partial charge in [0.2, 0.25) is 5.91 Å². The molecule has 2 rings (SSSR count). The second-order valence-electron chi connectivity index (χ2n) is 4.92. The first-order valence-corrected chi connectivity index (χ1v) is 7.76. The van der Waals surface area contributed by atoms with Crippen LogP contribution in [0.25, 0.3) is 0 Å². The molecule has 0 aliphatic carbocycles. The van der Waals surface area contributed by atoms with Crippen molar-refractivity contribution in [1.29, 1.82) is 0 Å². The van der Waals surface area contributed by atoms with Crippen LogP contribution in [0.3, 0.4) is 0 Å². The first kappa shape index (κ1) is 15.6.